The Morgan fingerprint density at radius 2 is 1.26 bits per heavy atom. The fraction of sp³-hybridized carbons (Fsp3) is 0.435. The maximum Gasteiger partial charge on any atom is 0.259 e. The average Bonchev–Trinajstić information content (AvgIpc) is 4.03. The molecule has 4 saturated carbocycles. The number of aliphatic hydroxyl groups is 1. The molecular weight excluding hydrogens is 771 g/mol. The maximum absolute atomic E-state index is 13.4. The van der Waals surface area contributed by atoms with Crippen LogP contribution in [0.5, 0.6) is 0 Å². The monoisotopic (exact) mass is 822 g/mol. The Morgan fingerprint density at radius 3 is 1.91 bits per heavy atom. The number of carbonyl (C=O) groups is 2. The van der Waals surface area contributed by atoms with Gasteiger partial charge < -0.3 is 39.7 Å². The first-order chi connectivity index (χ1) is 28.1. The van der Waals surface area contributed by atoms with Gasteiger partial charge in [0, 0.05) is 68.4 Å². The van der Waals surface area contributed by atoms with Gasteiger partial charge >= 0.3 is 0 Å². The second kappa shape index (κ2) is 15.9. The van der Waals surface area contributed by atoms with Crippen LogP contribution < -0.4 is 29.8 Å². The molecule has 0 radical (unpaired) electrons. The van der Waals surface area contributed by atoms with E-state index in [1.165, 1.54) is 49.3 Å². The van der Waals surface area contributed by atoms with Crippen LogP contribution >= 0.6 is 23.2 Å². The number of likely N-dealkylation sites (N-methyl/N-ethyl adjacent to an activating group) is 1. The maximum atomic E-state index is 13.4. The molecule has 4 fully saturated rings. The molecule has 12 heteroatoms. The lowest BCUT2D eigenvalue weighted by atomic mass is 10.1. The molecule has 2 N–H and O–H groups in total. The number of halogens is 2. The second-order valence-corrected chi connectivity index (χ2v) is 17.5. The van der Waals surface area contributed by atoms with Crippen molar-refractivity contribution in [2.45, 2.75) is 81.3 Å². The van der Waals surface area contributed by atoms with E-state index in [4.69, 9.17) is 27.9 Å². The third kappa shape index (κ3) is 8.09. The number of benzene rings is 4. The highest BCUT2D eigenvalue weighted by Gasteiger charge is 2.55. The van der Waals surface area contributed by atoms with Crippen LogP contribution in [0.3, 0.4) is 0 Å². The standard InChI is InChI=1S/C22H22Cl2N2O2.C13H16N2O2.C11H14N2/c23-16-5-8-18(24)15(13-16)14-28-22(9-10-22)21(27)26-12-11-25(17-6-7-17)19-3-1-2-4-20(19)26;1-14-8-9-15(12(16)13(17)6-7-13)11-5-3-2-4-10(11)14;1-2-4-11-10(3-1)12-7-8-13(11)9-5-6-9/h1-5,8,13,17H,6-7,9-12,14H2;2-5,17H,6-9H2,1H3;1-4,9,12H,5-8H2. The van der Waals surface area contributed by atoms with E-state index in [0.717, 1.165) is 61.1 Å². The van der Waals surface area contributed by atoms with Crippen LogP contribution in [0, 0.1) is 0 Å². The number of anilines is 6. The van der Waals surface area contributed by atoms with Crippen LogP contribution in [0.4, 0.5) is 34.1 Å². The minimum absolute atomic E-state index is 0.0635. The van der Waals surface area contributed by atoms with Crippen LogP contribution in [0.1, 0.15) is 56.9 Å². The van der Waals surface area contributed by atoms with Crippen molar-refractivity contribution < 1.29 is 19.4 Å². The number of para-hydroxylation sites is 6. The fourth-order valence-electron chi connectivity index (χ4n) is 8.38. The fourth-order valence-corrected chi connectivity index (χ4v) is 8.75. The summed E-state index contributed by atoms with van der Waals surface area (Å²) in [6.45, 7) is 5.58. The minimum atomic E-state index is -1.08. The highest BCUT2D eigenvalue weighted by molar-refractivity contribution is 6.33. The largest absolute Gasteiger partial charge is 0.382 e. The summed E-state index contributed by atoms with van der Waals surface area (Å²) in [6.07, 6.45) is 7.94. The van der Waals surface area contributed by atoms with Crippen LogP contribution in [-0.4, -0.2) is 86.5 Å². The van der Waals surface area contributed by atoms with Crippen molar-refractivity contribution in [3.8, 4) is 0 Å². The van der Waals surface area contributed by atoms with Gasteiger partial charge in [0.25, 0.3) is 11.8 Å². The average molecular weight is 824 g/mol. The summed E-state index contributed by atoms with van der Waals surface area (Å²) < 4.78 is 6.13. The third-order valence-electron chi connectivity index (χ3n) is 12.4. The van der Waals surface area contributed by atoms with E-state index in [2.05, 4.69) is 50.3 Å². The summed E-state index contributed by atoms with van der Waals surface area (Å²) >= 11 is 12.3. The Bertz CT molecular complexity index is 2170. The molecule has 4 aromatic carbocycles. The zero-order chi connectivity index (χ0) is 40.0. The summed E-state index contributed by atoms with van der Waals surface area (Å²) in [5, 5.41) is 14.6. The van der Waals surface area contributed by atoms with Gasteiger partial charge in [-0.3, -0.25) is 9.59 Å². The van der Waals surface area contributed by atoms with Crippen molar-refractivity contribution in [2.75, 3.05) is 76.1 Å². The number of carbonyl (C=O) groups excluding carboxylic acids is 2. The molecule has 11 rings (SSSR count). The number of amides is 2. The van der Waals surface area contributed by atoms with Gasteiger partial charge in [0.1, 0.15) is 11.2 Å². The van der Waals surface area contributed by atoms with Gasteiger partial charge in [0.15, 0.2) is 0 Å². The molecule has 0 spiro atoms. The lowest BCUT2D eigenvalue weighted by Gasteiger charge is -2.39. The summed E-state index contributed by atoms with van der Waals surface area (Å²) in [4.78, 5) is 36.4. The van der Waals surface area contributed by atoms with Crippen molar-refractivity contribution >= 4 is 69.1 Å². The van der Waals surface area contributed by atoms with Crippen molar-refractivity contribution in [1.82, 2.24) is 0 Å². The smallest absolute Gasteiger partial charge is 0.259 e. The normalized spacial score (nSPS) is 20.5. The molecule has 0 saturated heterocycles. The van der Waals surface area contributed by atoms with E-state index >= 15 is 0 Å². The van der Waals surface area contributed by atoms with Gasteiger partial charge in [-0.1, -0.05) is 59.6 Å². The zero-order valence-electron chi connectivity index (χ0n) is 33.1. The van der Waals surface area contributed by atoms with E-state index in [-0.39, 0.29) is 18.4 Å². The van der Waals surface area contributed by atoms with Crippen LogP contribution in [0.25, 0.3) is 0 Å². The van der Waals surface area contributed by atoms with Gasteiger partial charge in [-0.15, -0.1) is 0 Å². The number of hydrogen-bond donors (Lipinski definition) is 2. The second-order valence-electron chi connectivity index (χ2n) is 16.7. The molecule has 3 aliphatic heterocycles. The molecule has 0 atom stereocenters. The van der Waals surface area contributed by atoms with Crippen molar-refractivity contribution in [3.05, 3.63) is 107 Å². The first kappa shape index (κ1) is 39.0. The predicted octanol–water partition coefficient (Wildman–Crippen LogP) is 8.13. The van der Waals surface area contributed by atoms with Crippen molar-refractivity contribution in [1.29, 1.82) is 0 Å². The molecule has 7 aliphatic rings. The topological polar surface area (TPSA) is 91.8 Å². The number of nitrogens with zero attached hydrogens (tertiary/aromatic N) is 5. The number of hydrogen-bond acceptors (Lipinski definition) is 8. The molecule has 3 heterocycles. The molecule has 4 aliphatic carbocycles. The summed E-state index contributed by atoms with van der Waals surface area (Å²) in [7, 11) is 2.02. The molecule has 0 aromatic heterocycles. The Kier molecular flexibility index (Phi) is 10.7. The lowest BCUT2D eigenvalue weighted by Crippen LogP contribution is -2.49. The number of fused-ring (bicyclic) bond motifs is 3. The highest BCUT2D eigenvalue weighted by atomic mass is 35.5. The molecule has 0 unspecified atom stereocenters. The van der Waals surface area contributed by atoms with Gasteiger partial charge in [0.2, 0.25) is 0 Å². The molecule has 10 nitrogen and oxygen atoms in total. The number of ether oxygens (including phenoxy) is 1. The quantitative estimate of drug-likeness (QED) is 0.193. The Labute approximate surface area is 351 Å². The summed E-state index contributed by atoms with van der Waals surface area (Å²) in [6, 6.07) is 31.5. The predicted molar refractivity (Wildman–Crippen MR) is 234 cm³/mol. The van der Waals surface area contributed by atoms with Crippen molar-refractivity contribution in [3.63, 3.8) is 0 Å². The summed E-state index contributed by atoms with van der Waals surface area (Å²) in [5.74, 6) is -0.0772. The van der Waals surface area contributed by atoms with E-state index in [9.17, 15) is 14.7 Å². The lowest BCUT2D eigenvalue weighted by molar-refractivity contribution is -0.134. The Morgan fingerprint density at radius 1 is 0.690 bits per heavy atom. The van der Waals surface area contributed by atoms with E-state index < -0.39 is 11.2 Å². The van der Waals surface area contributed by atoms with Gasteiger partial charge in [-0.05, 0) is 112 Å². The van der Waals surface area contributed by atoms with Crippen LogP contribution in [-0.2, 0) is 20.9 Å². The first-order valence-electron chi connectivity index (χ1n) is 20.8. The molecular formula is C46H52Cl2N6O4. The SMILES string of the molecule is CN1CCN(C(=O)C2(O)CC2)c2ccccc21.O=C(N1CCN(C2CC2)c2ccccc21)C1(OCc2cc(Cl)ccc2Cl)CC1.c1ccc2c(c1)NCCN2C1CC1. The van der Waals surface area contributed by atoms with Gasteiger partial charge in [-0.2, -0.15) is 0 Å². The number of nitrogens with one attached hydrogen (secondary N) is 1. The molecule has 2 amide bonds. The van der Waals surface area contributed by atoms with Gasteiger partial charge in [-0.25, -0.2) is 0 Å². The molecule has 4 aromatic rings. The van der Waals surface area contributed by atoms with Crippen LogP contribution in [0.2, 0.25) is 10.0 Å². The van der Waals surface area contributed by atoms with E-state index in [1.807, 2.05) is 54.4 Å². The Balaban J connectivity index is 0.000000123. The van der Waals surface area contributed by atoms with E-state index in [1.54, 1.807) is 23.1 Å². The third-order valence-corrected chi connectivity index (χ3v) is 13.0. The van der Waals surface area contributed by atoms with Gasteiger partial charge in [0.05, 0.1) is 40.7 Å². The zero-order valence-corrected chi connectivity index (χ0v) is 34.6. The first-order valence-corrected chi connectivity index (χ1v) is 21.6. The highest BCUT2D eigenvalue weighted by Crippen LogP contribution is 2.47. The number of rotatable bonds is 7. The molecule has 58 heavy (non-hydrogen) atoms. The molecule has 304 valence electrons. The minimum Gasteiger partial charge on any atom is -0.382 e. The Hall–Kier alpha value is -4.48. The van der Waals surface area contributed by atoms with E-state index in [0.29, 0.717) is 42.0 Å². The summed E-state index contributed by atoms with van der Waals surface area (Å²) in [5.41, 5.74) is 5.83. The molecule has 0 bridgehead atoms. The van der Waals surface area contributed by atoms with Crippen LogP contribution in [0.15, 0.2) is 91.0 Å². The van der Waals surface area contributed by atoms with Crippen molar-refractivity contribution in [2.24, 2.45) is 0 Å².